The molecule has 3 nitrogen and oxygen atoms in total. The first kappa shape index (κ1) is 15.6. The Hall–Kier alpha value is -1.24. The zero-order valence-electron chi connectivity index (χ0n) is 13.2. The molecule has 0 radical (unpaired) electrons. The Kier molecular flexibility index (Phi) is 3.87. The summed E-state index contributed by atoms with van der Waals surface area (Å²) >= 11 is 2.34. The van der Waals surface area contributed by atoms with Crippen molar-refractivity contribution in [2.75, 3.05) is 0 Å². The molecule has 1 aliphatic heterocycles. The van der Waals surface area contributed by atoms with Crippen LogP contribution in [-0.4, -0.2) is 21.5 Å². The van der Waals surface area contributed by atoms with Crippen molar-refractivity contribution >= 4 is 28.3 Å². The van der Waals surface area contributed by atoms with Crippen molar-refractivity contribution in [2.24, 2.45) is 10.4 Å². The molecule has 2 heterocycles. The minimum Gasteiger partial charge on any atom is -0.282 e. The number of aliphatic imine (C=N–C) groups is 1. The summed E-state index contributed by atoms with van der Waals surface area (Å²) in [4.78, 5) is 4.87. The molecule has 116 valence electrons. The number of benzene rings is 1. The van der Waals surface area contributed by atoms with Crippen molar-refractivity contribution in [3.63, 3.8) is 0 Å². The van der Waals surface area contributed by atoms with Gasteiger partial charge in [0.1, 0.15) is 11.5 Å². The Morgan fingerprint density at radius 1 is 1.23 bits per heavy atom. The van der Waals surface area contributed by atoms with Gasteiger partial charge in [-0.05, 0) is 53.8 Å². The second kappa shape index (κ2) is 5.44. The van der Waals surface area contributed by atoms with Crippen molar-refractivity contribution in [3.8, 4) is 11.3 Å². The number of halogens is 2. The van der Waals surface area contributed by atoms with E-state index in [0.717, 1.165) is 32.8 Å². The van der Waals surface area contributed by atoms with E-state index in [0.29, 0.717) is 0 Å². The fourth-order valence-corrected chi connectivity index (χ4v) is 3.67. The molecule has 22 heavy (non-hydrogen) atoms. The van der Waals surface area contributed by atoms with Gasteiger partial charge in [-0.3, -0.25) is 9.67 Å². The number of hydrogen-bond donors (Lipinski definition) is 0. The molecule has 1 aromatic carbocycles. The number of fused-ring (bicyclic) bond motifs is 1. The Morgan fingerprint density at radius 3 is 2.45 bits per heavy atom. The van der Waals surface area contributed by atoms with Crippen LogP contribution in [0, 0.1) is 14.8 Å². The van der Waals surface area contributed by atoms with Gasteiger partial charge in [0.25, 0.3) is 0 Å². The maximum Gasteiger partial charge on any atom is 0.123 e. The lowest BCUT2D eigenvalue weighted by Gasteiger charge is -2.28. The van der Waals surface area contributed by atoms with Crippen molar-refractivity contribution in [2.45, 2.75) is 40.3 Å². The van der Waals surface area contributed by atoms with E-state index in [-0.39, 0.29) is 17.3 Å². The van der Waals surface area contributed by atoms with Gasteiger partial charge in [-0.2, -0.15) is 5.10 Å². The molecule has 0 saturated heterocycles. The van der Waals surface area contributed by atoms with E-state index >= 15 is 0 Å². The van der Waals surface area contributed by atoms with Gasteiger partial charge in [0.2, 0.25) is 0 Å². The zero-order chi connectivity index (χ0) is 16.1. The summed E-state index contributed by atoms with van der Waals surface area (Å²) in [5.41, 5.74) is 4.00. The third-order valence-electron chi connectivity index (χ3n) is 3.73. The molecule has 0 saturated carbocycles. The Labute approximate surface area is 143 Å². The lowest BCUT2D eigenvalue weighted by atomic mass is 9.86. The molecule has 2 aromatic rings. The van der Waals surface area contributed by atoms with Crippen LogP contribution in [0.2, 0.25) is 0 Å². The van der Waals surface area contributed by atoms with Crippen LogP contribution in [0.1, 0.15) is 33.4 Å². The smallest absolute Gasteiger partial charge is 0.123 e. The summed E-state index contributed by atoms with van der Waals surface area (Å²) < 4.78 is 16.3. The van der Waals surface area contributed by atoms with Crippen LogP contribution in [-0.2, 0) is 6.54 Å². The first-order valence-corrected chi connectivity index (χ1v) is 8.46. The molecule has 0 amide bonds. The standard InChI is InChI=1S/C17H19FIN3/c1-10-9-22-15(16(20-10)17(2,3)4)13(19)14(21-22)11-5-7-12(18)8-6-11/h5-8,10H,9H2,1-4H3/t10-/m0/s1. The minimum absolute atomic E-state index is 0.0353. The van der Waals surface area contributed by atoms with Gasteiger partial charge in [0, 0.05) is 11.0 Å². The highest BCUT2D eigenvalue weighted by Gasteiger charge is 2.32. The van der Waals surface area contributed by atoms with Crippen LogP contribution in [0.4, 0.5) is 4.39 Å². The fraction of sp³-hybridized carbons (Fsp3) is 0.412. The summed E-state index contributed by atoms with van der Waals surface area (Å²) in [5, 5.41) is 4.77. The third-order valence-corrected chi connectivity index (χ3v) is 4.76. The Balaban J connectivity index is 2.16. The minimum atomic E-state index is -0.228. The van der Waals surface area contributed by atoms with E-state index in [9.17, 15) is 4.39 Å². The highest BCUT2D eigenvalue weighted by Crippen LogP contribution is 2.34. The molecule has 0 aliphatic carbocycles. The predicted octanol–water partition coefficient (Wildman–Crippen LogP) is 4.53. The molecule has 1 atom stereocenters. The molecule has 0 fully saturated rings. The molecule has 0 unspecified atom stereocenters. The lowest BCUT2D eigenvalue weighted by molar-refractivity contribution is 0.492. The predicted molar refractivity (Wildman–Crippen MR) is 95.8 cm³/mol. The maximum absolute atomic E-state index is 13.2. The lowest BCUT2D eigenvalue weighted by Crippen LogP contribution is -2.33. The van der Waals surface area contributed by atoms with Gasteiger partial charge >= 0.3 is 0 Å². The van der Waals surface area contributed by atoms with Crippen LogP contribution >= 0.6 is 22.6 Å². The van der Waals surface area contributed by atoms with E-state index in [1.165, 1.54) is 12.1 Å². The number of nitrogens with zero attached hydrogens (tertiary/aromatic N) is 3. The molecular formula is C17H19FIN3. The molecule has 0 bridgehead atoms. The largest absolute Gasteiger partial charge is 0.282 e. The summed E-state index contributed by atoms with van der Waals surface area (Å²) in [6.07, 6.45) is 0. The normalized spacial score (nSPS) is 18.1. The van der Waals surface area contributed by atoms with Crippen LogP contribution < -0.4 is 0 Å². The van der Waals surface area contributed by atoms with Gasteiger partial charge in [0.15, 0.2) is 0 Å². The molecule has 0 spiro atoms. The molecular weight excluding hydrogens is 392 g/mol. The van der Waals surface area contributed by atoms with Gasteiger partial charge in [0.05, 0.1) is 27.6 Å². The topological polar surface area (TPSA) is 30.2 Å². The quantitative estimate of drug-likeness (QED) is 0.635. The van der Waals surface area contributed by atoms with Gasteiger partial charge < -0.3 is 0 Å². The van der Waals surface area contributed by atoms with Crippen LogP contribution in [0.3, 0.4) is 0 Å². The average molecular weight is 411 g/mol. The number of aromatic nitrogens is 2. The third kappa shape index (κ3) is 2.71. The number of rotatable bonds is 1. The van der Waals surface area contributed by atoms with Crippen molar-refractivity contribution in [3.05, 3.63) is 39.3 Å². The molecule has 1 aliphatic rings. The van der Waals surface area contributed by atoms with Gasteiger partial charge in [-0.15, -0.1) is 0 Å². The SMILES string of the molecule is C[C@H]1Cn2nc(-c3ccc(F)cc3)c(I)c2C(C(C)(C)C)=N1. The Morgan fingerprint density at radius 2 is 1.86 bits per heavy atom. The van der Waals surface area contributed by atoms with E-state index in [1.54, 1.807) is 12.1 Å². The monoisotopic (exact) mass is 411 g/mol. The summed E-state index contributed by atoms with van der Waals surface area (Å²) in [6.45, 7) is 9.42. The van der Waals surface area contributed by atoms with E-state index < -0.39 is 0 Å². The van der Waals surface area contributed by atoms with Crippen molar-refractivity contribution in [1.29, 1.82) is 0 Å². The molecule has 0 N–H and O–H groups in total. The molecule has 5 heteroatoms. The summed E-state index contributed by atoms with van der Waals surface area (Å²) in [7, 11) is 0. The maximum atomic E-state index is 13.2. The van der Waals surface area contributed by atoms with Gasteiger partial charge in [-0.1, -0.05) is 20.8 Å². The molecule has 3 rings (SSSR count). The average Bonchev–Trinajstić information content (AvgIpc) is 2.75. The summed E-state index contributed by atoms with van der Waals surface area (Å²) in [6, 6.07) is 6.74. The molecule has 1 aromatic heterocycles. The van der Waals surface area contributed by atoms with Crippen LogP contribution in [0.25, 0.3) is 11.3 Å². The van der Waals surface area contributed by atoms with Crippen molar-refractivity contribution < 1.29 is 4.39 Å². The second-order valence-electron chi connectivity index (χ2n) is 6.78. The van der Waals surface area contributed by atoms with Crippen LogP contribution in [0.5, 0.6) is 0 Å². The summed E-state index contributed by atoms with van der Waals surface area (Å²) in [5.74, 6) is -0.228. The first-order valence-electron chi connectivity index (χ1n) is 7.38. The number of hydrogen-bond acceptors (Lipinski definition) is 2. The second-order valence-corrected chi connectivity index (χ2v) is 7.86. The van der Waals surface area contributed by atoms with Crippen LogP contribution in [0.15, 0.2) is 29.3 Å². The zero-order valence-corrected chi connectivity index (χ0v) is 15.3. The van der Waals surface area contributed by atoms with Crippen molar-refractivity contribution in [1.82, 2.24) is 9.78 Å². The van der Waals surface area contributed by atoms with E-state index in [1.807, 2.05) is 0 Å². The Bertz CT molecular complexity index is 738. The highest BCUT2D eigenvalue weighted by atomic mass is 127. The van der Waals surface area contributed by atoms with E-state index in [2.05, 4.69) is 55.0 Å². The van der Waals surface area contributed by atoms with E-state index in [4.69, 9.17) is 10.1 Å². The van der Waals surface area contributed by atoms with Gasteiger partial charge in [-0.25, -0.2) is 4.39 Å². The fourth-order valence-electron chi connectivity index (χ4n) is 2.71. The first-order chi connectivity index (χ1) is 10.3. The highest BCUT2D eigenvalue weighted by molar-refractivity contribution is 14.1.